The molecule has 1 fully saturated rings. The Kier molecular flexibility index (Phi) is 6.60. The van der Waals surface area contributed by atoms with E-state index in [1.54, 1.807) is 18.0 Å². The number of nitrogens with one attached hydrogen (secondary N) is 2. The van der Waals surface area contributed by atoms with Gasteiger partial charge >= 0.3 is 0 Å². The van der Waals surface area contributed by atoms with Crippen LogP contribution < -0.4 is 10.3 Å². The summed E-state index contributed by atoms with van der Waals surface area (Å²) in [6.45, 7) is 3.16. The second-order valence-electron chi connectivity index (χ2n) is 6.57. The Balaban J connectivity index is 1.52. The van der Waals surface area contributed by atoms with E-state index < -0.39 is 0 Å². The number of ether oxygens (including phenoxy) is 1. The van der Waals surface area contributed by atoms with Gasteiger partial charge in [0.2, 0.25) is 5.95 Å². The molecule has 1 saturated heterocycles. The van der Waals surface area contributed by atoms with E-state index in [1.165, 1.54) is 0 Å². The molecule has 0 bridgehead atoms. The van der Waals surface area contributed by atoms with Crippen LogP contribution in [0.4, 0.5) is 11.8 Å². The normalized spacial score (nSPS) is 14.7. The quantitative estimate of drug-likeness (QED) is 0.172. The van der Waals surface area contributed by atoms with Crippen molar-refractivity contribution in [2.24, 2.45) is 5.10 Å². The molecule has 3 N–H and O–H groups in total. The summed E-state index contributed by atoms with van der Waals surface area (Å²) in [7, 11) is 0. The van der Waals surface area contributed by atoms with Crippen molar-refractivity contribution in [2.75, 3.05) is 49.0 Å². The number of aromatic amines is 1. The highest BCUT2D eigenvalue weighted by Gasteiger charge is 2.15. The van der Waals surface area contributed by atoms with Gasteiger partial charge in [-0.25, -0.2) is 10.4 Å². The standard InChI is InChI=1S/C20H24N6O2S/c27-8-3-11-29-19-12-18(26-6-9-28-10-7-26)23-20(24-19)25-22-14-15-13-21-17-5-2-1-4-16(15)17/h1-2,4-5,12-14,21,27H,3,6-11H2,(H,23,24,25)/b22-14+. The number of hydrazone groups is 1. The third-order valence-corrected chi connectivity index (χ3v) is 5.56. The molecule has 1 aliphatic rings. The molecule has 152 valence electrons. The molecule has 1 aliphatic heterocycles. The van der Waals surface area contributed by atoms with Crippen LogP contribution in [0, 0.1) is 0 Å². The van der Waals surface area contributed by atoms with E-state index in [4.69, 9.17) is 9.84 Å². The summed E-state index contributed by atoms with van der Waals surface area (Å²) < 4.78 is 5.44. The average molecular weight is 413 g/mol. The Morgan fingerprint density at radius 2 is 2.14 bits per heavy atom. The summed E-state index contributed by atoms with van der Waals surface area (Å²) in [5.41, 5.74) is 5.04. The molecule has 8 nitrogen and oxygen atoms in total. The average Bonchev–Trinajstić information content (AvgIpc) is 3.18. The van der Waals surface area contributed by atoms with E-state index in [1.807, 2.05) is 30.5 Å². The zero-order valence-electron chi connectivity index (χ0n) is 16.0. The van der Waals surface area contributed by atoms with E-state index in [0.717, 1.165) is 52.6 Å². The number of anilines is 2. The first kappa shape index (κ1) is 19.7. The summed E-state index contributed by atoms with van der Waals surface area (Å²) in [5.74, 6) is 2.12. The number of hydrogen-bond donors (Lipinski definition) is 3. The summed E-state index contributed by atoms with van der Waals surface area (Å²) in [6, 6.07) is 10.1. The van der Waals surface area contributed by atoms with Crippen LogP contribution in [0.1, 0.15) is 12.0 Å². The Hall–Kier alpha value is -2.62. The van der Waals surface area contributed by atoms with Crippen molar-refractivity contribution in [1.29, 1.82) is 0 Å². The SMILES string of the molecule is OCCCSc1cc(N2CCOCC2)nc(N/N=C/c2c[nH]c3ccccc23)n1. The number of rotatable bonds is 8. The van der Waals surface area contributed by atoms with E-state index in [0.29, 0.717) is 19.2 Å². The number of aliphatic hydroxyl groups is 1. The number of fused-ring (bicyclic) bond motifs is 1. The van der Waals surface area contributed by atoms with Gasteiger partial charge in [-0.2, -0.15) is 10.1 Å². The van der Waals surface area contributed by atoms with E-state index >= 15 is 0 Å². The maximum atomic E-state index is 9.04. The predicted octanol–water partition coefficient (Wildman–Crippen LogP) is 2.72. The van der Waals surface area contributed by atoms with Gasteiger partial charge in [-0.15, -0.1) is 11.8 Å². The van der Waals surface area contributed by atoms with Crippen LogP contribution in [0.25, 0.3) is 10.9 Å². The summed E-state index contributed by atoms with van der Waals surface area (Å²) in [5, 5.41) is 15.4. The first-order valence-electron chi connectivity index (χ1n) is 9.64. The Bertz CT molecular complexity index is 971. The lowest BCUT2D eigenvalue weighted by atomic mass is 10.2. The summed E-state index contributed by atoms with van der Waals surface area (Å²) in [4.78, 5) is 14.6. The van der Waals surface area contributed by atoms with Crippen molar-refractivity contribution in [2.45, 2.75) is 11.4 Å². The van der Waals surface area contributed by atoms with Gasteiger partial charge < -0.3 is 19.7 Å². The molecule has 0 radical (unpaired) electrons. The highest BCUT2D eigenvalue weighted by atomic mass is 32.2. The van der Waals surface area contributed by atoms with Crippen molar-refractivity contribution in [1.82, 2.24) is 15.0 Å². The second-order valence-corrected chi connectivity index (χ2v) is 7.69. The van der Waals surface area contributed by atoms with Crippen molar-refractivity contribution >= 4 is 40.6 Å². The fourth-order valence-electron chi connectivity index (χ4n) is 3.09. The first-order valence-corrected chi connectivity index (χ1v) is 10.6. The van der Waals surface area contributed by atoms with E-state index in [-0.39, 0.29) is 6.61 Å². The molecule has 9 heteroatoms. The molecule has 2 aromatic heterocycles. The predicted molar refractivity (Wildman–Crippen MR) is 117 cm³/mol. The molecule has 1 aromatic carbocycles. The Morgan fingerprint density at radius 1 is 1.28 bits per heavy atom. The fraction of sp³-hybridized carbons (Fsp3) is 0.350. The molecule has 3 aromatic rings. The van der Waals surface area contributed by atoms with Crippen LogP contribution in [0.5, 0.6) is 0 Å². The van der Waals surface area contributed by atoms with Crippen molar-refractivity contribution < 1.29 is 9.84 Å². The maximum absolute atomic E-state index is 9.04. The van der Waals surface area contributed by atoms with Crippen LogP contribution in [0.15, 0.2) is 46.7 Å². The number of aliphatic hydroxyl groups excluding tert-OH is 1. The molecular formula is C20H24N6O2S. The summed E-state index contributed by atoms with van der Waals surface area (Å²) in [6.07, 6.45) is 4.42. The molecule has 4 rings (SSSR count). The van der Waals surface area contributed by atoms with Gasteiger partial charge in [-0.1, -0.05) is 18.2 Å². The van der Waals surface area contributed by atoms with Gasteiger partial charge in [-0.3, -0.25) is 0 Å². The zero-order chi connectivity index (χ0) is 19.9. The fourth-order valence-corrected chi connectivity index (χ4v) is 3.92. The molecule has 29 heavy (non-hydrogen) atoms. The van der Waals surface area contributed by atoms with Gasteiger partial charge in [0.1, 0.15) is 10.8 Å². The molecule has 0 saturated carbocycles. The molecule has 0 aliphatic carbocycles. The third-order valence-electron chi connectivity index (χ3n) is 4.57. The minimum atomic E-state index is 0.175. The first-order chi connectivity index (χ1) is 14.3. The molecular weight excluding hydrogens is 388 g/mol. The monoisotopic (exact) mass is 412 g/mol. The number of H-pyrrole nitrogens is 1. The minimum absolute atomic E-state index is 0.175. The minimum Gasteiger partial charge on any atom is -0.396 e. The highest BCUT2D eigenvalue weighted by Crippen LogP contribution is 2.24. The van der Waals surface area contributed by atoms with Crippen LogP contribution in [-0.2, 0) is 4.74 Å². The largest absolute Gasteiger partial charge is 0.396 e. The van der Waals surface area contributed by atoms with Crippen molar-refractivity contribution in [3.8, 4) is 0 Å². The van der Waals surface area contributed by atoms with Gasteiger partial charge in [0.25, 0.3) is 0 Å². The Labute approximate surface area is 173 Å². The van der Waals surface area contributed by atoms with E-state index in [2.05, 4.69) is 36.4 Å². The lowest BCUT2D eigenvalue weighted by Crippen LogP contribution is -2.36. The number of benzene rings is 1. The second kappa shape index (κ2) is 9.73. The molecule has 0 unspecified atom stereocenters. The van der Waals surface area contributed by atoms with E-state index in [9.17, 15) is 0 Å². The lowest BCUT2D eigenvalue weighted by Gasteiger charge is -2.28. The number of aromatic nitrogens is 3. The molecule has 3 heterocycles. The van der Waals surface area contributed by atoms with Gasteiger partial charge in [-0.05, 0) is 12.5 Å². The highest BCUT2D eigenvalue weighted by molar-refractivity contribution is 7.99. The van der Waals surface area contributed by atoms with Gasteiger partial charge in [0, 0.05) is 54.2 Å². The van der Waals surface area contributed by atoms with Gasteiger partial charge in [0.15, 0.2) is 0 Å². The lowest BCUT2D eigenvalue weighted by molar-refractivity contribution is 0.122. The number of thioether (sulfide) groups is 1. The third kappa shape index (κ3) is 5.06. The van der Waals surface area contributed by atoms with Crippen LogP contribution in [0.3, 0.4) is 0 Å². The molecule has 0 atom stereocenters. The molecule has 0 amide bonds. The van der Waals surface area contributed by atoms with Crippen LogP contribution in [-0.4, -0.2) is 64.9 Å². The molecule has 0 spiro atoms. The van der Waals surface area contributed by atoms with Crippen molar-refractivity contribution in [3.63, 3.8) is 0 Å². The number of morpholine rings is 1. The smallest absolute Gasteiger partial charge is 0.246 e. The topological polar surface area (TPSA) is 98.7 Å². The number of para-hydroxylation sites is 1. The van der Waals surface area contributed by atoms with Crippen LogP contribution in [0.2, 0.25) is 0 Å². The maximum Gasteiger partial charge on any atom is 0.246 e. The zero-order valence-corrected chi connectivity index (χ0v) is 16.9. The van der Waals surface area contributed by atoms with Crippen molar-refractivity contribution in [3.05, 3.63) is 42.1 Å². The Morgan fingerprint density at radius 3 is 3.00 bits per heavy atom. The summed E-state index contributed by atoms with van der Waals surface area (Å²) >= 11 is 1.60. The van der Waals surface area contributed by atoms with Gasteiger partial charge in [0.05, 0.1) is 19.4 Å². The van der Waals surface area contributed by atoms with Crippen LogP contribution >= 0.6 is 11.8 Å². The number of nitrogens with zero attached hydrogens (tertiary/aromatic N) is 4. The number of hydrogen-bond acceptors (Lipinski definition) is 8.